The molecule has 0 amide bonds. The molecular formula is C15H12ClN5S. The molecule has 0 aliphatic rings. The van der Waals surface area contributed by atoms with Crippen LogP contribution in [-0.2, 0) is 0 Å². The Bertz CT molecular complexity index is 871. The first-order valence-electron chi connectivity index (χ1n) is 6.42. The number of nitrogens with zero attached hydrogens (tertiary/aromatic N) is 4. The highest BCUT2D eigenvalue weighted by Crippen LogP contribution is 2.25. The van der Waals surface area contributed by atoms with Crippen LogP contribution in [0.1, 0.15) is 10.4 Å². The molecule has 22 heavy (non-hydrogen) atoms. The number of thiazole rings is 1. The number of hydrogen-bond donors (Lipinski definition) is 1. The third kappa shape index (κ3) is 2.84. The molecule has 0 saturated heterocycles. The molecule has 0 spiro atoms. The quantitative estimate of drug-likeness (QED) is 0.591. The van der Waals surface area contributed by atoms with Crippen LogP contribution in [0.15, 0.2) is 41.1 Å². The fraction of sp³-hybridized carbons (Fsp3) is 0.0667. The van der Waals surface area contributed by atoms with Gasteiger partial charge < -0.3 is 5.73 Å². The molecule has 3 aromatic rings. The number of pyridine rings is 2. The standard InChI is InChI=1S/C15H12ClN5S/c1-18-6-10(15(17)13-7-19-8-22-13)9-4-12-11(20-5-9)2-3-14(16)21-12/h2-8H,17H2,1H3. The van der Waals surface area contributed by atoms with E-state index in [0.29, 0.717) is 16.4 Å². The first-order valence-corrected chi connectivity index (χ1v) is 7.68. The van der Waals surface area contributed by atoms with Crippen molar-refractivity contribution < 1.29 is 0 Å². The molecule has 5 nitrogen and oxygen atoms in total. The van der Waals surface area contributed by atoms with E-state index in [0.717, 1.165) is 21.5 Å². The van der Waals surface area contributed by atoms with E-state index in [-0.39, 0.29) is 0 Å². The van der Waals surface area contributed by atoms with Crippen LogP contribution >= 0.6 is 22.9 Å². The lowest BCUT2D eigenvalue weighted by Crippen LogP contribution is -2.02. The van der Waals surface area contributed by atoms with E-state index in [9.17, 15) is 0 Å². The lowest BCUT2D eigenvalue weighted by atomic mass is 10.1. The van der Waals surface area contributed by atoms with Gasteiger partial charge in [-0.3, -0.25) is 15.0 Å². The summed E-state index contributed by atoms with van der Waals surface area (Å²) >= 11 is 7.42. The predicted molar refractivity (Wildman–Crippen MR) is 92.1 cm³/mol. The monoisotopic (exact) mass is 329 g/mol. The van der Waals surface area contributed by atoms with Crippen LogP contribution in [0, 0.1) is 0 Å². The first-order chi connectivity index (χ1) is 10.7. The Kier molecular flexibility index (Phi) is 4.13. The van der Waals surface area contributed by atoms with Crippen molar-refractivity contribution in [3.05, 3.63) is 51.7 Å². The Morgan fingerprint density at radius 2 is 2.18 bits per heavy atom. The van der Waals surface area contributed by atoms with E-state index in [1.54, 1.807) is 37.2 Å². The zero-order valence-corrected chi connectivity index (χ0v) is 13.3. The average Bonchev–Trinajstić information content (AvgIpc) is 3.05. The van der Waals surface area contributed by atoms with E-state index in [1.165, 1.54) is 11.3 Å². The van der Waals surface area contributed by atoms with Gasteiger partial charge in [0.15, 0.2) is 0 Å². The van der Waals surface area contributed by atoms with Crippen molar-refractivity contribution in [2.45, 2.75) is 0 Å². The molecule has 0 radical (unpaired) electrons. The van der Waals surface area contributed by atoms with Crippen LogP contribution in [-0.4, -0.2) is 28.2 Å². The number of aliphatic imine (C=N–C) groups is 1. The second-order valence-corrected chi connectivity index (χ2v) is 5.75. The molecule has 3 aromatic heterocycles. The Morgan fingerprint density at radius 1 is 1.32 bits per heavy atom. The van der Waals surface area contributed by atoms with Crippen molar-refractivity contribution in [2.24, 2.45) is 10.7 Å². The molecule has 0 saturated carbocycles. The topological polar surface area (TPSA) is 77.0 Å². The zero-order chi connectivity index (χ0) is 15.5. The van der Waals surface area contributed by atoms with Crippen LogP contribution in [0.3, 0.4) is 0 Å². The number of halogens is 1. The van der Waals surface area contributed by atoms with Crippen LogP contribution in [0.25, 0.3) is 22.3 Å². The van der Waals surface area contributed by atoms with Crippen molar-refractivity contribution in [1.29, 1.82) is 0 Å². The van der Waals surface area contributed by atoms with Gasteiger partial charge >= 0.3 is 0 Å². The maximum absolute atomic E-state index is 6.26. The summed E-state index contributed by atoms with van der Waals surface area (Å²) < 4.78 is 0. The summed E-state index contributed by atoms with van der Waals surface area (Å²) in [5, 5.41) is 0.427. The molecule has 2 N–H and O–H groups in total. The minimum Gasteiger partial charge on any atom is -0.397 e. The predicted octanol–water partition coefficient (Wildman–Crippen LogP) is 3.27. The first kappa shape index (κ1) is 14.6. The summed E-state index contributed by atoms with van der Waals surface area (Å²) in [6, 6.07) is 5.45. The van der Waals surface area contributed by atoms with E-state index in [2.05, 4.69) is 19.9 Å². The number of rotatable bonds is 3. The normalized spacial score (nSPS) is 12.8. The molecule has 3 heterocycles. The van der Waals surface area contributed by atoms with E-state index in [4.69, 9.17) is 17.3 Å². The molecule has 0 aliphatic heterocycles. The SMILES string of the molecule is CN=CC(=C(N)c1cncs1)c1cnc2ccc(Cl)nc2c1. The van der Waals surface area contributed by atoms with E-state index >= 15 is 0 Å². The number of aromatic nitrogens is 3. The minimum absolute atomic E-state index is 0.427. The van der Waals surface area contributed by atoms with Crippen molar-refractivity contribution in [3.8, 4) is 0 Å². The molecule has 0 aliphatic carbocycles. The third-order valence-corrected chi connectivity index (χ3v) is 4.08. The average molecular weight is 330 g/mol. The van der Waals surface area contributed by atoms with Gasteiger partial charge in [0.05, 0.1) is 27.1 Å². The highest BCUT2D eigenvalue weighted by molar-refractivity contribution is 7.10. The summed E-state index contributed by atoms with van der Waals surface area (Å²) in [6.07, 6.45) is 5.19. The number of fused-ring (bicyclic) bond motifs is 1. The minimum atomic E-state index is 0.427. The van der Waals surface area contributed by atoms with Crippen molar-refractivity contribution in [3.63, 3.8) is 0 Å². The number of allylic oxidation sites excluding steroid dienone is 1. The van der Waals surface area contributed by atoms with Crippen molar-refractivity contribution >= 4 is 51.5 Å². The molecule has 7 heteroatoms. The van der Waals surface area contributed by atoms with Gasteiger partial charge in [-0.1, -0.05) is 11.6 Å². The molecule has 0 unspecified atom stereocenters. The Balaban J connectivity index is 2.19. The van der Waals surface area contributed by atoms with E-state index in [1.807, 2.05) is 12.1 Å². The van der Waals surface area contributed by atoms with Gasteiger partial charge in [-0.05, 0) is 18.2 Å². The van der Waals surface area contributed by atoms with Gasteiger partial charge in [-0.2, -0.15) is 0 Å². The summed E-state index contributed by atoms with van der Waals surface area (Å²) in [4.78, 5) is 17.7. The summed E-state index contributed by atoms with van der Waals surface area (Å²) in [6.45, 7) is 0. The smallest absolute Gasteiger partial charge is 0.129 e. The molecular weight excluding hydrogens is 318 g/mol. The molecule has 0 aromatic carbocycles. The van der Waals surface area contributed by atoms with Crippen LogP contribution in [0.4, 0.5) is 0 Å². The second kappa shape index (κ2) is 6.21. The summed E-state index contributed by atoms with van der Waals surface area (Å²) in [5.41, 5.74) is 11.7. The molecule has 0 fully saturated rings. The van der Waals surface area contributed by atoms with Gasteiger partial charge in [0.1, 0.15) is 5.15 Å². The Labute approximate surface area is 136 Å². The lowest BCUT2D eigenvalue weighted by molar-refractivity contribution is 1.32. The van der Waals surface area contributed by atoms with Gasteiger partial charge in [-0.25, -0.2) is 4.98 Å². The van der Waals surface area contributed by atoms with Gasteiger partial charge in [0, 0.05) is 36.8 Å². The fourth-order valence-electron chi connectivity index (χ4n) is 2.04. The van der Waals surface area contributed by atoms with Crippen LogP contribution < -0.4 is 5.73 Å². The molecule has 3 rings (SSSR count). The van der Waals surface area contributed by atoms with Gasteiger partial charge in [-0.15, -0.1) is 11.3 Å². The summed E-state index contributed by atoms with van der Waals surface area (Å²) in [5.74, 6) is 0. The van der Waals surface area contributed by atoms with Gasteiger partial charge in [0.2, 0.25) is 0 Å². The van der Waals surface area contributed by atoms with Crippen molar-refractivity contribution in [2.75, 3.05) is 7.05 Å². The maximum atomic E-state index is 6.26. The molecule has 110 valence electrons. The second-order valence-electron chi connectivity index (χ2n) is 4.48. The Hall–Kier alpha value is -2.31. The van der Waals surface area contributed by atoms with Crippen LogP contribution in [0.5, 0.6) is 0 Å². The van der Waals surface area contributed by atoms with Crippen LogP contribution in [0.2, 0.25) is 5.15 Å². The Morgan fingerprint density at radius 3 is 2.91 bits per heavy atom. The lowest BCUT2D eigenvalue weighted by Gasteiger charge is -2.07. The third-order valence-electron chi connectivity index (χ3n) is 3.06. The van der Waals surface area contributed by atoms with Gasteiger partial charge in [0.25, 0.3) is 0 Å². The van der Waals surface area contributed by atoms with Crippen molar-refractivity contribution in [1.82, 2.24) is 15.0 Å². The summed E-state index contributed by atoms with van der Waals surface area (Å²) in [7, 11) is 1.70. The highest BCUT2D eigenvalue weighted by Gasteiger charge is 2.10. The number of hydrogen-bond acceptors (Lipinski definition) is 6. The number of nitrogens with two attached hydrogens (primary N) is 1. The van der Waals surface area contributed by atoms with E-state index < -0.39 is 0 Å². The largest absolute Gasteiger partial charge is 0.397 e. The zero-order valence-electron chi connectivity index (χ0n) is 11.7. The highest BCUT2D eigenvalue weighted by atomic mass is 35.5. The maximum Gasteiger partial charge on any atom is 0.129 e. The fourth-order valence-corrected chi connectivity index (χ4v) is 2.79. The molecule has 0 atom stereocenters. The molecule has 0 bridgehead atoms.